The molecule has 0 aliphatic carbocycles. The Hall–Kier alpha value is -3.83. The topological polar surface area (TPSA) is 98.0 Å². The first kappa shape index (κ1) is 19.2. The van der Waals surface area contributed by atoms with Crippen LogP contribution in [0.5, 0.6) is 5.75 Å². The number of anilines is 1. The van der Waals surface area contributed by atoms with Crippen molar-refractivity contribution < 1.29 is 9.50 Å². The van der Waals surface area contributed by atoms with Crippen LogP contribution in [0, 0.1) is 17.1 Å². The number of phenols is 1. The normalized spacial score (nSPS) is 16.5. The average molecular weight is 414 g/mol. The van der Waals surface area contributed by atoms with Gasteiger partial charge < -0.3 is 15.3 Å². The van der Waals surface area contributed by atoms with Gasteiger partial charge in [0.2, 0.25) is 0 Å². The molecule has 7 nitrogen and oxygen atoms in total. The highest BCUT2D eigenvalue weighted by Gasteiger charge is 2.24. The van der Waals surface area contributed by atoms with Crippen LogP contribution in [-0.4, -0.2) is 45.7 Å². The highest BCUT2D eigenvalue weighted by atomic mass is 19.1. The number of nitrogens with one attached hydrogen (secondary N) is 1. The largest absolute Gasteiger partial charge is 0.508 e. The van der Waals surface area contributed by atoms with Gasteiger partial charge in [0.15, 0.2) is 5.82 Å². The van der Waals surface area contributed by atoms with Crippen LogP contribution in [0.2, 0.25) is 0 Å². The first-order valence-corrected chi connectivity index (χ1v) is 10.0. The Morgan fingerprint density at radius 1 is 1.19 bits per heavy atom. The molecule has 0 bridgehead atoms. The van der Waals surface area contributed by atoms with Crippen LogP contribution in [-0.2, 0) is 0 Å². The zero-order chi connectivity index (χ0) is 21.4. The molecule has 0 saturated carbocycles. The van der Waals surface area contributed by atoms with Gasteiger partial charge in [0.05, 0.1) is 17.9 Å². The van der Waals surface area contributed by atoms with Gasteiger partial charge in [-0.05, 0) is 22.9 Å². The molecule has 8 heteroatoms. The minimum atomic E-state index is -0.555. The van der Waals surface area contributed by atoms with Gasteiger partial charge in [-0.1, -0.05) is 24.3 Å². The number of phenolic OH excluding ortho intramolecular Hbond substituents is 1. The first-order chi connectivity index (χ1) is 15.2. The number of pyridine rings is 1. The molecule has 2 N–H and O–H groups in total. The van der Waals surface area contributed by atoms with Crippen LogP contribution in [0.4, 0.5) is 10.2 Å². The lowest BCUT2D eigenvalue weighted by molar-refractivity contribution is 0.461. The van der Waals surface area contributed by atoms with E-state index in [0.717, 1.165) is 10.8 Å². The van der Waals surface area contributed by atoms with E-state index in [1.165, 1.54) is 12.4 Å². The highest BCUT2D eigenvalue weighted by molar-refractivity contribution is 5.99. The molecule has 31 heavy (non-hydrogen) atoms. The lowest BCUT2D eigenvalue weighted by atomic mass is 10.00. The number of hydrogen-bond acceptors (Lipinski definition) is 7. The number of hydrogen-bond donors (Lipinski definition) is 2. The first-order valence-electron chi connectivity index (χ1n) is 10.0. The van der Waals surface area contributed by atoms with Crippen molar-refractivity contribution in [3.63, 3.8) is 0 Å². The summed E-state index contributed by atoms with van der Waals surface area (Å²) in [5.74, 6) is 0.0940. The van der Waals surface area contributed by atoms with Gasteiger partial charge in [-0.25, -0.2) is 14.4 Å². The van der Waals surface area contributed by atoms with Gasteiger partial charge >= 0.3 is 0 Å². The second-order valence-corrected chi connectivity index (χ2v) is 7.55. The Kier molecular flexibility index (Phi) is 4.81. The number of halogens is 1. The van der Waals surface area contributed by atoms with Crippen LogP contribution in [0.25, 0.3) is 32.9 Å². The second-order valence-electron chi connectivity index (χ2n) is 7.55. The smallest absolute Gasteiger partial charge is 0.175 e. The van der Waals surface area contributed by atoms with Crippen LogP contribution in [0.1, 0.15) is 6.42 Å². The van der Waals surface area contributed by atoms with Gasteiger partial charge in [-0.2, -0.15) is 5.26 Å². The predicted molar refractivity (Wildman–Crippen MR) is 116 cm³/mol. The summed E-state index contributed by atoms with van der Waals surface area (Å²) in [6, 6.07) is 12.8. The van der Waals surface area contributed by atoms with E-state index < -0.39 is 5.82 Å². The predicted octanol–water partition coefficient (Wildman–Crippen LogP) is 3.38. The highest BCUT2D eigenvalue weighted by Crippen LogP contribution is 2.35. The Balaban J connectivity index is 1.64. The fraction of sp³-hybridized carbons (Fsp3) is 0.217. The summed E-state index contributed by atoms with van der Waals surface area (Å²) in [7, 11) is 0. The standard InChI is InChI=1S/C23H19FN6O/c24-20-21(18-10-16(31)9-14-3-1-2-4-17(14)18)27-11-19-22(20)28-13-29-23(19)30-8-7-26-15(12-30)5-6-25/h1-4,9-11,13,15,26,31H,5,7-8,12H2. The Bertz CT molecular complexity index is 1340. The van der Waals surface area contributed by atoms with Gasteiger partial charge in [0, 0.05) is 37.4 Å². The molecule has 1 unspecified atom stereocenters. The quantitative estimate of drug-likeness (QED) is 0.530. The number of nitriles is 1. The third kappa shape index (κ3) is 3.39. The maximum Gasteiger partial charge on any atom is 0.175 e. The van der Waals surface area contributed by atoms with Crippen molar-refractivity contribution in [2.75, 3.05) is 24.5 Å². The summed E-state index contributed by atoms with van der Waals surface area (Å²) >= 11 is 0. The monoisotopic (exact) mass is 414 g/mol. The molecule has 1 saturated heterocycles. The Morgan fingerprint density at radius 3 is 2.94 bits per heavy atom. The van der Waals surface area contributed by atoms with Crippen molar-refractivity contribution in [3.8, 4) is 23.1 Å². The molecule has 2 aromatic heterocycles. The number of rotatable bonds is 3. The van der Waals surface area contributed by atoms with Crippen LogP contribution < -0.4 is 10.2 Å². The van der Waals surface area contributed by atoms with Crippen LogP contribution in [0.15, 0.2) is 48.9 Å². The van der Waals surface area contributed by atoms with E-state index in [4.69, 9.17) is 5.26 Å². The van der Waals surface area contributed by atoms with Gasteiger partial charge in [-0.3, -0.25) is 4.98 Å². The fourth-order valence-corrected chi connectivity index (χ4v) is 4.17. The van der Waals surface area contributed by atoms with E-state index in [1.54, 1.807) is 12.3 Å². The molecule has 4 aromatic rings. The van der Waals surface area contributed by atoms with Crippen molar-refractivity contribution in [1.82, 2.24) is 20.3 Å². The van der Waals surface area contributed by atoms with E-state index in [9.17, 15) is 5.11 Å². The molecule has 1 aliphatic heterocycles. The third-order valence-corrected chi connectivity index (χ3v) is 5.60. The summed E-state index contributed by atoms with van der Waals surface area (Å²) in [6.45, 7) is 2.00. The van der Waals surface area contributed by atoms with E-state index in [2.05, 4.69) is 26.3 Å². The molecule has 0 spiro atoms. The third-order valence-electron chi connectivity index (χ3n) is 5.60. The molecule has 5 rings (SSSR count). The summed E-state index contributed by atoms with van der Waals surface area (Å²) in [4.78, 5) is 15.0. The second kappa shape index (κ2) is 7.78. The van der Waals surface area contributed by atoms with E-state index >= 15 is 4.39 Å². The molecule has 0 amide bonds. The van der Waals surface area contributed by atoms with E-state index in [1.807, 2.05) is 29.2 Å². The molecular weight excluding hydrogens is 395 g/mol. The number of benzene rings is 2. The number of aromatic nitrogens is 3. The fourth-order valence-electron chi connectivity index (χ4n) is 4.17. The molecule has 1 fully saturated rings. The van der Waals surface area contributed by atoms with Crippen LogP contribution >= 0.6 is 0 Å². The molecule has 154 valence electrons. The molecular formula is C23H19FN6O. The van der Waals surface area contributed by atoms with Gasteiger partial charge in [0.25, 0.3) is 0 Å². The summed E-state index contributed by atoms with van der Waals surface area (Å²) < 4.78 is 15.7. The summed E-state index contributed by atoms with van der Waals surface area (Å²) in [5, 5.41) is 24.6. The maximum absolute atomic E-state index is 15.7. The van der Waals surface area contributed by atoms with Crippen molar-refractivity contribution in [2.24, 2.45) is 0 Å². The Labute approximate surface area is 177 Å². The van der Waals surface area contributed by atoms with E-state index in [0.29, 0.717) is 42.8 Å². The van der Waals surface area contributed by atoms with Crippen molar-refractivity contribution >= 4 is 27.5 Å². The molecule has 3 heterocycles. The number of nitrogens with zero attached hydrogens (tertiary/aromatic N) is 5. The Morgan fingerprint density at radius 2 is 2.06 bits per heavy atom. The number of piperazine rings is 1. The zero-order valence-electron chi connectivity index (χ0n) is 16.6. The lowest BCUT2D eigenvalue weighted by Crippen LogP contribution is -2.50. The molecule has 1 atom stereocenters. The zero-order valence-corrected chi connectivity index (χ0v) is 16.6. The van der Waals surface area contributed by atoms with Crippen LogP contribution in [0.3, 0.4) is 0 Å². The van der Waals surface area contributed by atoms with Crippen molar-refractivity contribution in [1.29, 1.82) is 5.26 Å². The SMILES string of the molecule is N#CCC1CN(c2ncnc3c(F)c(-c4cc(O)cc5ccccc45)ncc23)CCN1. The average Bonchev–Trinajstić information content (AvgIpc) is 2.79. The van der Waals surface area contributed by atoms with Crippen molar-refractivity contribution in [3.05, 3.63) is 54.7 Å². The minimum absolute atomic E-state index is 0.0273. The number of aromatic hydroxyl groups is 1. The lowest BCUT2D eigenvalue weighted by Gasteiger charge is -2.34. The number of fused-ring (bicyclic) bond motifs is 2. The molecule has 1 aliphatic rings. The maximum atomic E-state index is 15.7. The minimum Gasteiger partial charge on any atom is -0.508 e. The van der Waals surface area contributed by atoms with Gasteiger partial charge in [0.1, 0.15) is 29.1 Å². The molecule has 2 aromatic carbocycles. The summed E-state index contributed by atoms with van der Waals surface area (Å²) in [5.41, 5.74) is 0.816. The molecule has 0 radical (unpaired) electrons. The van der Waals surface area contributed by atoms with Crippen molar-refractivity contribution in [2.45, 2.75) is 12.5 Å². The van der Waals surface area contributed by atoms with E-state index in [-0.39, 0.29) is 23.0 Å². The van der Waals surface area contributed by atoms with Gasteiger partial charge in [-0.15, -0.1) is 0 Å². The summed E-state index contributed by atoms with van der Waals surface area (Å²) in [6.07, 6.45) is 3.33.